The van der Waals surface area contributed by atoms with Crippen LogP contribution in [0.2, 0.25) is 0 Å². The molecule has 0 saturated heterocycles. The molecule has 6 aromatic carbocycles. The Labute approximate surface area is 286 Å². The molecule has 3 nitrogen and oxygen atoms in total. The fourth-order valence-corrected chi connectivity index (χ4v) is 7.43. The first kappa shape index (κ1) is 30.0. The Hall–Kier alpha value is -6.14. The Morgan fingerprint density at radius 2 is 0.980 bits per heavy atom. The fraction of sp³-hybridized carbons (Fsp3) is 0.0682. The molecule has 0 bridgehead atoms. The molecule has 0 spiro atoms. The average Bonchev–Trinajstić information content (AvgIpc) is 3.63. The predicted molar refractivity (Wildman–Crippen MR) is 198 cm³/mol. The third kappa shape index (κ3) is 4.71. The van der Waals surface area contributed by atoms with Crippen LogP contribution in [0.25, 0.3) is 77.5 Å². The van der Waals surface area contributed by atoms with E-state index in [1.165, 1.54) is 6.07 Å². The quantitative estimate of drug-likeness (QED) is 0.185. The van der Waals surface area contributed by atoms with Gasteiger partial charge >= 0.3 is 6.18 Å². The van der Waals surface area contributed by atoms with Crippen LogP contribution in [-0.4, -0.2) is 14.1 Å². The summed E-state index contributed by atoms with van der Waals surface area (Å²) >= 11 is 0. The second-order valence-electron chi connectivity index (χ2n) is 12.9. The summed E-state index contributed by atoms with van der Waals surface area (Å²) in [6.07, 6.45) is -4.67. The molecule has 9 aromatic rings. The maximum atomic E-state index is 15.6. The summed E-state index contributed by atoms with van der Waals surface area (Å²) in [5, 5.41) is 3.75. The van der Waals surface area contributed by atoms with Crippen molar-refractivity contribution >= 4 is 43.6 Å². The van der Waals surface area contributed by atoms with Crippen LogP contribution in [0.3, 0.4) is 0 Å². The van der Waals surface area contributed by atoms with Crippen LogP contribution < -0.4 is 0 Å². The minimum absolute atomic E-state index is 0.0508. The van der Waals surface area contributed by atoms with Crippen LogP contribution in [0.15, 0.2) is 146 Å². The van der Waals surface area contributed by atoms with Crippen molar-refractivity contribution in [1.82, 2.24) is 14.1 Å². The lowest BCUT2D eigenvalue weighted by molar-refractivity contribution is -0.137. The van der Waals surface area contributed by atoms with Crippen molar-refractivity contribution in [2.45, 2.75) is 20.0 Å². The Kier molecular flexibility index (Phi) is 6.71. The molecule has 0 amide bonds. The monoisotopic (exact) mass is 657 g/mol. The van der Waals surface area contributed by atoms with Gasteiger partial charge < -0.3 is 9.13 Å². The van der Waals surface area contributed by atoms with Gasteiger partial charge in [0.05, 0.1) is 50.4 Å². The van der Waals surface area contributed by atoms with Gasteiger partial charge in [0.2, 0.25) is 0 Å². The van der Waals surface area contributed by atoms with Gasteiger partial charge in [0.25, 0.3) is 0 Å². The SMILES string of the molecule is Cc1ccc2c(c1)c1ccccc1n2-c1cc(C(F)(F)F)c(-n2c3ccccc3c3cc(C)ccc32)cc1-c1cccc(-c2ccccc2)n1. The van der Waals surface area contributed by atoms with Gasteiger partial charge in [0, 0.05) is 32.7 Å². The van der Waals surface area contributed by atoms with Gasteiger partial charge in [0.15, 0.2) is 0 Å². The lowest BCUT2D eigenvalue weighted by atomic mass is 10.0. The van der Waals surface area contributed by atoms with Crippen molar-refractivity contribution in [2.75, 3.05) is 0 Å². The number of para-hydroxylation sites is 2. The third-order valence-corrected chi connectivity index (χ3v) is 9.65. The molecule has 0 aliphatic rings. The van der Waals surface area contributed by atoms with Gasteiger partial charge in [-0.15, -0.1) is 0 Å². The number of pyridine rings is 1. The number of nitrogens with zero attached hydrogens (tertiary/aromatic N) is 3. The highest BCUT2D eigenvalue weighted by molar-refractivity contribution is 6.11. The van der Waals surface area contributed by atoms with E-state index in [-0.39, 0.29) is 5.69 Å². The molecule has 0 fully saturated rings. The first-order valence-corrected chi connectivity index (χ1v) is 16.5. The first-order valence-electron chi connectivity index (χ1n) is 16.5. The maximum absolute atomic E-state index is 15.6. The number of halogens is 3. The molecule has 242 valence electrons. The van der Waals surface area contributed by atoms with Crippen molar-refractivity contribution in [3.05, 3.63) is 162 Å². The lowest BCUT2D eigenvalue weighted by Gasteiger charge is -2.22. The molecule has 3 heterocycles. The highest BCUT2D eigenvalue weighted by Crippen LogP contribution is 2.45. The van der Waals surface area contributed by atoms with Crippen molar-refractivity contribution < 1.29 is 13.2 Å². The van der Waals surface area contributed by atoms with Gasteiger partial charge in [-0.25, -0.2) is 4.98 Å². The molecule has 0 atom stereocenters. The van der Waals surface area contributed by atoms with Crippen LogP contribution in [0.5, 0.6) is 0 Å². The summed E-state index contributed by atoms with van der Waals surface area (Å²) in [7, 11) is 0. The summed E-state index contributed by atoms with van der Waals surface area (Å²) in [6, 6.07) is 46.2. The minimum atomic E-state index is -4.67. The zero-order chi connectivity index (χ0) is 34.1. The molecule has 50 heavy (non-hydrogen) atoms. The largest absolute Gasteiger partial charge is 0.418 e. The summed E-state index contributed by atoms with van der Waals surface area (Å²) in [4.78, 5) is 5.10. The Morgan fingerprint density at radius 1 is 0.460 bits per heavy atom. The fourth-order valence-electron chi connectivity index (χ4n) is 7.43. The molecular formula is C44H30F3N3. The molecular weight excluding hydrogens is 627 g/mol. The number of aromatic nitrogens is 3. The number of benzene rings is 6. The van der Waals surface area contributed by atoms with E-state index >= 15 is 13.2 Å². The van der Waals surface area contributed by atoms with E-state index in [9.17, 15) is 0 Å². The van der Waals surface area contributed by atoms with Gasteiger partial charge in [-0.05, 0) is 74.5 Å². The first-order chi connectivity index (χ1) is 24.3. The van der Waals surface area contributed by atoms with E-state index in [4.69, 9.17) is 4.98 Å². The Balaban J connectivity index is 1.45. The van der Waals surface area contributed by atoms with Gasteiger partial charge in [0.1, 0.15) is 0 Å². The molecule has 9 rings (SSSR count). The normalized spacial score (nSPS) is 12.1. The van der Waals surface area contributed by atoms with E-state index in [1.807, 2.05) is 146 Å². The topological polar surface area (TPSA) is 22.8 Å². The summed E-state index contributed by atoms with van der Waals surface area (Å²) in [6.45, 7) is 4.03. The number of hydrogen-bond acceptors (Lipinski definition) is 1. The van der Waals surface area contributed by atoms with E-state index < -0.39 is 11.7 Å². The summed E-state index contributed by atoms with van der Waals surface area (Å²) in [5.74, 6) is 0. The lowest BCUT2D eigenvalue weighted by Crippen LogP contribution is -2.13. The average molecular weight is 658 g/mol. The van der Waals surface area contributed by atoms with Crippen molar-refractivity contribution in [3.63, 3.8) is 0 Å². The van der Waals surface area contributed by atoms with Crippen molar-refractivity contribution in [3.8, 4) is 33.9 Å². The van der Waals surface area contributed by atoms with Gasteiger partial charge in [-0.1, -0.05) is 96.1 Å². The molecule has 0 saturated carbocycles. The molecule has 0 radical (unpaired) electrons. The second kappa shape index (κ2) is 11.2. The zero-order valence-corrected chi connectivity index (χ0v) is 27.3. The minimum Gasteiger partial charge on any atom is -0.309 e. The molecule has 0 N–H and O–H groups in total. The molecule has 0 aliphatic heterocycles. The van der Waals surface area contributed by atoms with E-state index in [0.29, 0.717) is 28.0 Å². The predicted octanol–water partition coefficient (Wildman–Crippen LogP) is 12.2. The van der Waals surface area contributed by atoms with Crippen molar-refractivity contribution in [2.24, 2.45) is 0 Å². The molecule has 0 aliphatic carbocycles. The van der Waals surface area contributed by atoms with E-state index in [0.717, 1.165) is 55.0 Å². The van der Waals surface area contributed by atoms with E-state index in [2.05, 4.69) is 6.07 Å². The van der Waals surface area contributed by atoms with Gasteiger partial charge in [-0.2, -0.15) is 13.2 Å². The van der Waals surface area contributed by atoms with Crippen LogP contribution >= 0.6 is 0 Å². The highest BCUT2D eigenvalue weighted by atomic mass is 19.4. The second-order valence-corrected chi connectivity index (χ2v) is 12.9. The number of aryl methyl sites for hydroxylation is 2. The Morgan fingerprint density at radius 3 is 1.58 bits per heavy atom. The van der Waals surface area contributed by atoms with Crippen LogP contribution in [0.1, 0.15) is 16.7 Å². The summed E-state index contributed by atoms with van der Waals surface area (Å²) < 4.78 is 50.5. The van der Waals surface area contributed by atoms with Crippen LogP contribution in [0.4, 0.5) is 13.2 Å². The number of alkyl halides is 3. The summed E-state index contributed by atoms with van der Waals surface area (Å²) in [5.41, 5.74) is 7.73. The molecule has 0 unspecified atom stereocenters. The van der Waals surface area contributed by atoms with Crippen molar-refractivity contribution in [1.29, 1.82) is 0 Å². The molecule has 3 aromatic heterocycles. The van der Waals surface area contributed by atoms with Crippen LogP contribution in [0, 0.1) is 13.8 Å². The molecule has 6 heteroatoms. The van der Waals surface area contributed by atoms with E-state index in [1.54, 1.807) is 10.6 Å². The number of rotatable bonds is 4. The van der Waals surface area contributed by atoms with Gasteiger partial charge in [-0.3, -0.25) is 0 Å². The smallest absolute Gasteiger partial charge is 0.309 e. The van der Waals surface area contributed by atoms with Crippen LogP contribution in [-0.2, 0) is 6.18 Å². The standard InChI is InChI=1S/C44H30F3N3/c1-27-19-21-40-32(23-27)30-13-6-8-17-38(30)49(40)42-26-35(44(45,46)47)43(25-34(42)37-16-10-15-36(48-37)29-11-4-3-5-12-29)50-39-18-9-7-14-31(39)33-24-28(2)20-22-41(33)50/h3-26H,1-2H3. The third-order valence-electron chi connectivity index (χ3n) is 9.65. The zero-order valence-electron chi connectivity index (χ0n) is 27.3. The number of hydrogen-bond donors (Lipinski definition) is 0. The Bertz CT molecular complexity index is 2770. The number of fused-ring (bicyclic) bond motifs is 6. The maximum Gasteiger partial charge on any atom is 0.418 e. The highest BCUT2D eigenvalue weighted by Gasteiger charge is 2.37.